The molecule has 8 rings (SSSR count). The third kappa shape index (κ3) is 3.41. The molecule has 5 heteroatoms. The fourth-order valence-corrected chi connectivity index (χ4v) is 9.82. The first-order chi connectivity index (χ1) is 19.2. The van der Waals surface area contributed by atoms with Gasteiger partial charge in [0.25, 0.3) is 0 Å². The van der Waals surface area contributed by atoms with E-state index in [-0.39, 0.29) is 11.7 Å². The predicted octanol–water partition coefficient (Wildman–Crippen LogP) is 7.86. The monoisotopic (exact) mass is 525 g/mol. The third-order valence-corrected chi connectivity index (χ3v) is 12.0. The van der Waals surface area contributed by atoms with Gasteiger partial charge in [-0.05, 0) is 50.0 Å². The highest BCUT2D eigenvalue weighted by atomic mass is 31.2. The molecule has 1 aliphatic heterocycles. The van der Waals surface area contributed by atoms with Gasteiger partial charge in [0.15, 0.2) is 0 Å². The number of allylic oxidation sites excluding steroid dienone is 9. The maximum absolute atomic E-state index is 15.3. The van der Waals surface area contributed by atoms with Crippen molar-refractivity contribution in [1.82, 2.24) is 14.5 Å². The van der Waals surface area contributed by atoms with Crippen LogP contribution in [0.1, 0.15) is 42.4 Å². The molecule has 4 nitrogen and oxygen atoms in total. The van der Waals surface area contributed by atoms with Gasteiger partial charge in [-0.15, -0.1) is 0 Å². The van der Waals surface area contributed by atoms with Crippen LogP contribution < -0.4 is 5.30 Å². The van der Waals surface area contributed by atoms with Gasteiger partial charge in [-0.25, -0.2) is 9.97 Å². The molecule has 190 valence electrons. The quantitative estimate of drug-likeness (QED) is 0.256. The summed E-state index contributed by atoms with van der Waals surface area (Å²) in [6.07, 6.45) is 20.8. The largest absolute Gasteiger partial charge is 0.316 e. The molecule has 2 aromatic heterocycles. The molecule has 0 saturated heterocycles. The lowest BCUT2D eigenvalue weighted by Crippen LogP contribution is -2.24. The summed E-state index contributed by atoms with van der Waals surface area (Å²) in [5, 5.41) is 2.97. The van der Waals surface area contributed by atoms with Crippen molar-refractivity contribution in [3.05, 3.63) is 126 Å². The first kappa shape index (κ1) is 22.9. The van der Waals surface area contributed by atoms with Crippen molar-refractivity contribution in [2.24, 2.45) is 0 Å². The zero-order valence-corrected chi connectivity index (χ0v) is 22.5. The highest BCUT2D eigenvalue weighted by molar-refractivity contribution is 7.76. The molecule has 3 aliphatic carbocycles. The molecule has 0 radical (unpaired) electrons. The molecule has 0 fully saturated rings. The zero-order valence-electron chi connectivity index (χ0n) is 21.6. The Morgan fingerprint density at radius 2 is 1.79 bits per heavy atom. The van der Waals surface area contributed by atoms with Crippen LogP contribution in [0.5, 0.6) is 0 Å². The SMILES string of the molecule is O=P(C1=CCC2C(=C1)c1nc3ccccc3cc1-c1nc3c(n12)C=CCC3)(c1ccccc1)C1C=CC=CC1. The standard InChI is InChI=1S/C34H28N3OP/c38-39(24-12-3-1-4-13-24,25-14-5-2-6-15-25)26-19-20-31-27(22-26)33-28(21-23-11-7-8-16-29(23)35-33)34-36-30-17-9-10-18-32(30)37(31)34/h1-8,10-14,16,18-19,21-22,25,31H,9,15,17,20H2. The molecular weight excluding hydrogens is 497 g/mol. The van der Waals surface area contributed by atoms with Crippen LogP contribution in [0.3, 0.4) is 0 Å². The van der Waals surface area contributed by atoms with E-state index in [1.807, 2.05) is 42.5 Å². The molecule has 0 N–H and O–H groups in total. The second-order valence-electron chi connectivity index (χ2n) is 10.7. The fourth-order valence-electron chi connectivity index (χ4n) is 6.67. The smallest absolute Gasteiger partial charge is 0.149 e. The number of hydrogen-bond donors (Lipinski definition) is 0. The molecule has 0 spiro atoms. The van der Waals surface area contributed by atoms with Gasteiger partial charge in [-0.2, -0.15) is 0 Å². The van der Waals surface area contributed by atoms with Crippen LogP contribution in [0.2, 0.25) is 0 Å². The molecule has 2 aromatic carbocycles. The lowest BCUT2D eigenvalue weighted by atomic mass is 9.88. The van der Waals surface area contributed by atoms with Crippen LogP contribution in [0.15, 0.2) is 109 Å². The number of hydrogen-bond acceptors (Lipinski definition) is 3. The molecule has 4 aromatic rings. The van der Waals surface area contributed by atoms with Gasteiger partial charge in [0.05, 0.1) is 28.6 Å². The lowest BCUT2D eigenvalue weighted by molar-refractivity contribution is 0.578. The molecular formula is C34H28N3OP. The van der Waals surface area contributed by atoms with Crippen LogP contribution in [0.25, 0.3) is 33.9 Å². The summed E-state index contributed by atoms with van der Waals surface area (Å²) in [4.78, 5) is 10.4. The summed E-state index contributed by atoms with van der Waals surface area (Å²) in [6, 6.07) is 20.7. The van der Waals surface area contributed by atoms with E-state index < -0.39 is 7.14 Å². The van der Waals surface area contributed by atoms with Crippen molar-refractivity contribution in [3.63, 3.8) is 0 Å². The minimum Gasteiger partial charge on any atom is -0.316 e. The Morgan fingerprint density at radius 3 is 2.67 bits per heavy atom. The summed E-state index contributed by atoms with van der Waals surface area (Å²) >= 11 is 0. The van der Waals surface area contributed by atoms with Crippen molar-refractivity contribution in [3.8, 4) is 11.4 Å². The lowest BCUT2D eigenvalue weighted by Gasteiger charge is -2.35. The Balaban J connectivity index is 1.37. The van der Waals surface area contributed by atoms with Crippen LogP contribution >= 0.6 is 7.14 Å². The van der Waals surface area contributed by atoms with Crippen molar-refractivity contribution in [2.75, 3.05) is 0 Å². The van der Waals surface area contributed by atoms with Gasteiger partial charge < -0.3 is 9.13 Å². The summed E-state index contributed by atoms with van der Waals surface area (Å²) in [5.74, 6) is 1.00. The number of aromatic nitrogens is 3. The third-order valence-electron chi connectivity index (χ3n) is 8.56. The molecule has 3 atom stereocenters. The Kier molecular flexibility index (Phi) is 5.15. The van der Waals surface area contributed by atoms with Crippen LogP contribution in [0.4, 0.5) is 0 Å². The second kappa shape index (κ2) is 8.76. The first-order valence-electron chi connectivity index (χ1n) is 13.8. The highest BCUT2D eigenvalue weighted by Crippen LogP contribution is 2.62. The molecule has 39 heavy (non-hydrogen) atoms. The zero-order chi connectivity index (χ0) is 26.0. The van der Waals surface area contributed by atoms with Gasteiger partial charge in [0, 0.05) is 32.8 Å². The Labute approximate surface area is 228 Å². The molecule has 0 amide bonds. The Morgan fingerprint density at radius 1 is 0.923 bits per heavy atom. The first-order valence-corrected chi connectivity index (χ1v) is 15.6. The molecule has 3 heterocycles. The summed E-state index contributed by atoms with van der Waals surface area (Å²) in [6.45, 7) is 0. The number of benzene rings is 2. The van der Waals surface area contributed by atoms with E-state index in [0.717, 1.165) is 75.6 Å². The van der Waals surface area contributed by atoms with Crippen molar-refractivity contribution in [1.29, 1.82) is 0 Å². The summed E-state index contributed by atoms with van der Waals surface area (Å²) < 4.78 is 17.7. The number of imidazole rings is 1. The molecule has 4 aliphatic rings. The Hall–Kier alpha value is -4.01. The fraction of sp³-hybridized carbons (Fsp3) is 0.176. The van der Waals surface area contributed by atoms with E-state index in [1.54, 1.807) is 0 Å². The van der Waals surface area contributed by atoms with E-state index in [2.05, 4.69) is 71.4 Å². The molecule has 0 saturated carbocycles. The van der Waals surface area contributed by atoms with Gasteiger partial charge in [0.1, 0.15) is 13.0 Å². The number of aryl methyl sites for hydroxylation is 1. The number of rotatable bonds is 3. The van der Waals surface area contributed by atoms with E-state index >= 15 is 4.57 Å². The van der Waals surface area contributed by atoms with Gasteiger partial charge in [0.2, 0.25) is 0 Å². The maximum atomic E-state index is 15.3. The molecule has 0 bridgehead atoms. The summed E-state index contributed by atoms with van der Waals surface area (Å²) in [5.41, 5.74) is 6.47. The summed E-state index contributed by atoms with van der Waals surface area (Å²) in [7, 11) is -2.96. The number of para-hydroxylation sites is 1. The Bertz CT molecular complexity index is 1850. The van der Waals surface area contributed by atoms with E-state index in [9.17, 15) is 0 Å². The maximum Gasteiger partial charge on any atom is 0.149 e. The number of nitrogens with zero attached hydrogens (tertiary/aromatic N) is 3. The van der Waals surface area contributed by atoms with E-state index in [0.29, 0.717) is 0 Å². The van der Waals surface area contributed by atoms with Crippen LogP contribution in [-0.2, 0) is 11.0 Å². The highest BCUT2D eigenvalue weighted by Gasteiger charge is 2.41. The van der Waals surface area contributed by atoms with Gasteiger partial charge in [-0.1, -0.05) is 85.0 Å². The van der Waals surface area contributed by atoms with Crippen molar-refractivity contribution in [2.45, 2.75) is 37.4 Å². The average Bonchev–Trinajstić information content (AvgIpc) is 3.41. The van der Waals surface area contributed by atoms with Crippen LogP contribution in [0, 0.1) is 0 Å². The molecule has 3 unspecified atom stereocenters. The minimum absolute atomic E-state index is 0.0586. The normalized spacial score (nSPS) is 22.3. The topological polar surface area (TPSA) is 47.8 Å². The minimum atomic E-state index is -2.96. The van der Waals surface area contributed by atoms with Crippen molar-refractivity contribution < 1.29 is 4.57 Å². The average molecular weight is 526 g/mol. The number of pyridine rings is 1. The predicted molar refractivity (Wildman–Crippen MR) is 160 cm³/mol. The van der Waals surface area contributed by atoms with E-state index in [4.69, 9.17) is 9.97 Å². The van der Waals surface area contributed by atoms with E-state index in [1.165, 1.54) is 5.69 Å². The van der Waals surface area contributed by atoms with Gasteiger partial charge in [-0.3, -0.25) is 0 Å². The number of fused-ring (bicyclic) bond motifs is 9. The van der Waals surface area contributed by atoms with Gasteiger partial charge >= 0.3 is 0 Å². The van der Waals surface area contributed by atoms with Crippen molar-refractivity contribution >= 4 is 35.0 Å². The second-order valence-corrected chi connectivity index (χ2v) is 13.8. The van der Waals surface area contributed by atoms with Crippen LogP contribution in [-0.4, -0.2) is 20.2 Å².